The van der Waals surface area contributed by atoms with Gasteiger partial charge in [-0.1, -0.05) is 66.4 Å². The van der Waals surface area contributed by atoms with Crippen molar-refractivity contribution in [1.82, 2.24) is 0 Å². The average molecular weight is 320 g/mol. The topological polar surface area (TPSA) is 0 Å². The van der Waals surface area contributed by atoms with Crippen molar-refractivity contribution >= 4 is 36.5 Å². The monoisotopic (exact) mass is 319 g/mol. The lowest BCUT2D eigenvalue weighted by atomic mass is 10.1. The normalized spacial score (nSPS) is 13.2. The molecular formula is C20H19SSi. The van der Waals surface area contributed by atoms with Crippen LogP contribution < -0.4 is 5.19 Å². The predicted molar refractivity (Wildman–Crippen MR) is 99.0 cm³/mol. The number of hydrogen-bond acceptors (Lipinski definition) is 1. The summed E-state index contributed by atoms with van der Waals surface area (Å²) in [5.41, 5.74) is 3.10. The molecule has 0 atom stereocenters. The van der Waals surface area contributed by atoms with Crippen LogP contribution in [-0.2, 0) is 12.8 Å². The molecule has 2 heteroatoms. The summed E-state index contributed by atoms with van der Waals surface area (Å²) in [5.74, 6) is 0. The number of benzene rings is 3. The third kappa shape index (κ3) is 2.31. The SMILES string of the molecule is C[Si](C)c1ccc2c3c(ccc(Sc4ccccc4)c13)CC2. The summed E-state index contributed by atoms with van der Waals surface area (Å²) < 4.78 is 0. The summed E-state index contributed by atoms with van der Waals surface area (Å²) in [4.78, 5) is 2.75. The second-order valence-electron chi connectivity index (χ2n) is 6.16. The maximum absolute atomic E-state index is 2.40. The standard InChI is InChI=1S/C20H19SSi/c1-22(2)18-13-11-15-9-8-14-10-12-17(20(18)19(14)15)21-16-6-4-3-5-7-16/h3-7,10-13H,8-9H2,1-2H3. The highest BCUT2D eigenvalue weighted by molar-refractivity contribution is 7.99. The van der Waals surface area contributed by atoms with Gasteiger partial charge in [0, 0.05) is 9.79 Å². The summed E-state index contributed by atoms with van der Waals surface area (Å²) in [5, 5.41) is 4.69. The highest BCUT2D eigenvalue weighted by Crippen LogP contribution is 2.38. The van der Waals surface area contributed by atoms with Gasteiger partial charge in [-0.3, -0.25) is 0 Å². The Morgan fingerprint density at radius 3 is 2.14 bits per heavy atom. The van der Waals surface area contributed by atoms with E-state index in [1.165, 1.54) is 22.6 Å². The lowest BCUT2D eigenvalue weighted by Crippen LogP contribution is -2.24. The molecule has 0 heterocycles. The Hall–Kier alpha value is -1.51. The van der Waals surface area contributed by atoms with Crippen molar-refractivity contribution in [1.29, 1.82) is 0 Å². The first-order valence-corrected chi connectivity index (χ1v) is 11.2. The van der Waals surface area contributed by atoms with Crippen LogP contribution in [0, 0.1) is 0 Å². The van der Waals surface area contributed by atoms with Gasteiger partial charge < -0.3 is 0 Å². The molecule has 0 saturated heterocycles. The first kappa shape index (κ1) is 14.1. The second-order valence-corrected chi connectivity index (χ2v) is 9.81. The number of aryl methyl sites for hydroxylation is 2. The second kappa shape index (κ2) is 5.60. The summed E-state index contributed by atoms with van der Waals surface area (Å²) in [6, 6.07) is 20.2. The molecule has 109 valence electrons. The lowest BCUT2D eigenvalue weighted by molar-refractivity contribution is 1.02. The van der Waals surface area contributed by atoms with E-state index >= 15 is 0 Å². The molecule has 3 aromatic carbocycles. The third-order valence-corrected chi connectivity index (χ3v) is 7.03. The van der Waals surface area contributed by atoms with Crippen LogP contribution in [0.15, 0.2) is 64.4 Å². The molecule has 0 saturated carbocycles. The molecule has 0 nitrogen and oxygen atoms in total. The molecule has 22 heavy (non-hydrogen) atoms. The van der Waals surface area contributed by atoms with Crippen LogP contribution in [0.5, 0.6) is 0 Å². The molecule has 0 fully saturated rings. The Kier molecular flexibility index (Phi) is 3.59. The van der Waals surface area contributed by atoms with Crippen LogP contribution in [0.2, 0.25) is 13.1 Å². The first-order chi connectivity index (χ1) is 10.7. The molecule has 0 aliphatic heterocycles. The molecule has 4 rings (SSSR count). The van der Waals surface area contributed by atoms with Crippen molar-refractivity contribution in [3.63, 3.8) is 0 Å². The minimum atomic E-state index is -0.469. The van der Waals surface area contributed by atoms with E-state index in [1.54, 1.807) is 27.1 Å². The summed E-state index contributed by atoms with van der Waals surface area (Å²) >= 11 is 1.91. The smallest absolute Gasteiger partial charge is 0.0800 e. The van der Waals surface area contributed by atoms with Crippen LogP contribution in [0.3, 0.4) is 0 Å². The van der Waals surface area contributed by atoms with Gasteiger partial charge in [0.15, 0.2) is 0 Å². The summed E-state index contributed by atoms with van der Waals surface area (Å²) in [6.07, 6.45) is 2.42. The van der Waals surface area contributed by atoms with Crippen LogP contribution in [0.4, 0.5) is 0 Å². The molecule has 0 amide bonds. The molecule has 0 unspecified atom stereocenters. The molecule has 0 aromatic heterocycles. The molecule has 3 aromatic rings. The molecule has 1 aliphatic carbocycles. The first-order valence-electron chi connectivity index (χ1n) is 7.85. The van der Waals surface area contributed by atoms with Crippen LogP contribution in [0.1, 0.15) is 11.1 Å². The fraction of sp³-hybridized carbons (Fsp3) is 0.200. The third-order valence-electron chi connectivity index (χ3n) is 4.47. The van der Waals surface area contributed by atoms with Crippen molar-refractivity contribution in [3.8, 4) is 0 Å². The Morgan fingerprint density at radius 1 is 0.773 bits per heavy atom. The van der Waals surface area contributed by atoms with Gasteiger partial charge in [0.05, 0.1) is 8.80 Å². The summed E-state index contributed by atoms with van der Waals surface area (Å²) in [6.45, 7) is 4.81. The van der Waals surface area contributed by atoms with Crippen molar-refractivity contribution in [2.75, 3.05) is 0 Å². The van der Waals surface area contributed by atoms with Crippen molar-refractivity contribution in [3.05, 3.63) is 65.7 Å². The van der Waals surface area contributed by atoms with Crippen LogP contribution in [-0.4, -0.2) is 8.80 Å². The summed E-state index contributed by atoms with van der Waals surface area (Å²) in [7, 11) is -0.469. The van der Waals surface area contributed by atoms with E-state index in [1.807, 2.05) is 11.8 Å². The Bertz CT molecular complexity index is 827. The van der Waals surface area contributed by atoms with E-state index < -0.39 is 8.80 Å². The molecule has 0 spiro atoms. The maximum Gasteiger partial charge on any atom is 0.0800 e. The number of rotatable bonds is 3. The maximum atomic E-state index is 2.40. The zero-order valence-electron chi connectivity index (χ0n) is 13.0. The van der Waals surface area contributed by atoms with Gasteiger partial charge in [-0.25, -0.2) is 0 Å². The quantitative estimate of drug-likeness (QED) is 0.609. The lowest BCUT2D eigenvalue weighted by Gasteiger charge is -2.15. The minimum absolute atomic E-state index is 0.469. The van der Waals surface area contributed by atoms with Crippen LogP contribution in [0.25, 0.3) is 10.8 Å². The predicted octanol–water partition coefficient (Wildman–Crippen LogP) is 5.05. The zero-order valence-corrected chi connectivity index (χ0v) is 14.8. The van der Waals surface area contributed by atoms with Crippen molar-refractivity contribution < 1.29 is 0 Å². The van der Waals surface area contributed by atoms with E-state index in [0.29, 0.717) is 0 Å². The fourth-order valence-electron chi connectivity index (χ4n) is 3.41. The Morgan fingerprint density at radius 2 is 1.45 bits per heavy atom. The van der Waals surface area contributed by atoms with E-state index in [9.17, 15) is 0 Å². The highest BCUT2D eigenvalue weighted by atomic mass is 32.2. The fourth-order valence-corrected chi connectivity index (χ4v) is 5.68. The van der Waals surface area contributed by atoms with Gasteiger partial charge in [0.25, 0.3) is 0 Å². The van der Waals surface area contributed by atoms with Crippen LogP contribution >= 0.6 is 11.8 Å². The molecule has 1 radical (unpaired) electrons. The van der Waals surface area contributed by atoms with Crippen molar-refractivity contribution in [2.45, 2.75) is 35.7 Å². The zero-order chi connectivity index (χ0) is 15.1. The van der Waals surface area contributed by atoms with E-state index in [-0.39, 0.29) is 0 Å². The highest BCUT2D eigenvalue weighted by Gasteiger charge is 2.20. The average Bonchev–Trinajstić information content (AvgIpc) is 2.95. The van der Waals surface area contributed by atoms with Gasteiger partial charge in [0.2, 0.25) is 0 Å². The van der Waals surface area contributed by atoms with E-state index in [2.05, 4.69) is 67.7 Å². The molecule has 0 bridgehead atoms. The minimum Gasteiger partial charge on any atom is -0.0895 e. The molecule has 0 N–H and O–H groups in total. The Balaban J connectivity index is 1.95. The van der Waals surface area contributed by atoms with E-state index in [0.717, 1.165) is 0 Å². The Labute approximate surface area is 138 Å². The van der Waals surface area contributed by atoms with Gasteiger partial charge in [-0.15, -0.1) is 0 Å². The van der Waals surface area contributed by atoms with Crippen molar-refractivity contribution in [2.24, 2.45) is 0 Å². The van der Waals surface area contributed by atoms with E-state index in [4.69, 9.17) is 0 Å². The number of hydrogen-bond donors (Lipinski definition) is 0. The molecular weight excluding hydrogens is 300 g/mol. The van der Waals surface area contributed by atoms with Gasteiger partial charge in [-0.05, 0) is 52.9 Å². The largest absolute Gasteiger partial charge is 0.0895 e. The van der Waals surface area contributed by atoms with Gasteiger partial charge in [-0.2, -0.15) is 0 Å². The molecule has 1 aliphatic rings. The van der Waals surface area contributed by atoms with Gasteiger partial charge in [0.1, 0.15) is 0 Å². The van der Waals surface area contributed by atoms with Gasteiger partial charge >= 0.3 is 0 Å².